The molecule has 1 heteroatoms. The van der Waals surface area contributed by atoms with Crippen LogP contribution in [-0.4, -0.2) is 24.0 Å². The summed E-state index contributed by atoms with van der Waals surface area (Å²) in [4.78, 5) is 2.50. The minimum atomic E-state index is 0.789. The van der Waals surface area contributed by atoms with Gasteiger partial charge in [-0.15, -0.1) is 0 Å². The van der Waals surface area contributed by atoms with Crippen LogP contribution in [0.15, 0.2) is 0 Å². The van der Waals surface area contributed by atoms with Crippen molar-refractivity contribution < 1.29 is 0 Å². The summed E-state index contributed by atoms with van der Waals surface area (Å²) in [6.07, 6.45) is 4.15. The number of hydrogen-bond donors (Lipinski definition) is 0. The first kappa shape index (κ1) is 7.07. The zero-order valence-electron chi connectivity index (χ0n) is 6.72. The lowest BCUT2D eigenvalue weighted by molar-refractivity contribution is 0.242. The largest absolute Gasteiger partial charge is 0.301 e. The molecular weight excluding hydrogens is 110 g/mol. The van der Waals surface area contributed by atoms with E-state index in [0.717, 1.165) is 12.1 Å². The monoisotopic (exact) mass is 127 g/mol. The van der Waals surface area contributed by atoms with Crippen molar-refractivity contribution in [2.24, 2.45) is 0 Å². The van der Waals surface area contributed by atoms with Crippen molar-refractivity contribution in [3.8, 4) is 0 Å². The summed E-state index contributed by atoms with van der Waals surface area (Å²) in [7, 11) is 2.24. The van der Waals surface area contributed by atoms with Crippen molar-refractivity contribution in [2.45, 2.75) is 45.2 Å². The smallest absolute Gasteiger partial charge is 0.00961 e. The third-order valence-electron chi connectivity index (χ3n) is 2.41. The van der Waals surface area contributed by atoms with Crippen LogP contribution < -0.4 is 0 Å². The molecule has 1 nitrogen and oxygen atoms in total. The van der Waals surface area contributed by atoms with Gasteiger partial charge in [-0.05, 0) is 33.2 Å². The van der Waals surface area contributed by atoms with Gasteiger partial charge in [0.25, 0.3) is 0 Å². The Hall–Kier alpha value is -0.0400. The summed E-state index contributed by atoms with van der Waals surface area (Å²) >= 11 is 0. The molecule has 0 radical (unpaired) electrons. The Kier molecular flexibility index (Phi) is 2.12. The lowest BCUT2D eigenvalue weighted by Crippen LogP contribution is -2.30. The SMILES string of the molecule is CC[C@@H](C)N(C)C1CC1. The first-order chi connectivity index (χ1) is 4.25. The maximum atomic E-state index is 2.50. The lowest BCUT2D eigenvalue weighted by atomic mass is 10.2. The van der Waals surface area contributed by atoms with Crippen molar-refractivity contribution in [1.82, 2.24) is 4.90 Å². The zero-order valence-corrected chi connectivity index (χ0v) is 6.72. The zero-order chi connectivity index (χ0) is 6.85. The predicted molar refractivity (Wildman–Crippen MR) is 40.5 cm³/mol. The molecular formula is C8H17N. The highest BCUT2D eigenvalue weighted by atomic mass is 15.2. The van der Waals surface area contributed by atoms with Gasteiger partial charge < -0.3 is 4.90 Å². The van der Waals surface area contributed by atoms with Gasteiger partial charge in [-0.3, -0.25) is 0 Å². The van der Waals surface area contributed by atoms with Crippen LogP contribution in [0.5, 0.6) is 0 Å². The van der Waals surface area contributed by atoms with E-state index in [9.17, 15) is 0 Å². The Morgan fingerprint density at radius 1 is 1.56 bits per heavy atom. The van der Waals surface area contributed by atoms with E-state index in [-0.39, 0.29) is 0 Å². The molecule has 0 aliphatic heterocycles. The third-order valence-corrected chi connectivity index (χ3v) is 2.41. The van der Waals surface area contributed by atoms with E-state index in [4.69, 9.17) is 0 Å². The fourth-order valence-corrected chi connectivity index (χ4v) is 1.13. The highest BCUT2D eigenvalue weighted by Crippen LogP contribution is 2.27. The highest BCUT2D eigenvalue weighted by Gasteiger charge is 2.27. The van der Waals surface area contributed by atoms with Gasteiger partial charge in [0.1, 0.15) is 0 Å². The molecule has 0 bridgehead atoms. The van der Waals surface area contributed by atoms with Gasteiger partial charge >= 0.3 is 0 Å². The minimum Gasteiger partial charge on any atom is -0.301 e. The Morgan fingerprint density at radius 2 is 2.11 bits per heavy atom. The maximum absolute atomic E-state index is 2.50. The van der Waals surface area contributed by atoms with Crippen molar-refractivity contribution in [3.05, 3.63) is 0 Å². The highest BCUT2D eigenvalue weighted by molar-refractivity contribution is 4.84. The average Bonchev–Trinajstić information content (AvgIpc) is 2.66. The van der Waals surface area contributed by atoms with Crippen molar-refractivity contribution in [3.63, 3.8) is 0 Å². The lowest BCUT2D eigenvalue weighted by Gasteiger charge is -2.22. The minimum absolute atomic E-state index is 0.789. The number of rotatable bonds is 3. The second-order valence-electron chi connectivity index (χ2n) is 3.15. The normalized spacial score (nSPS) is 22.7. The summed E-state index contributed by atoms with van der Waals surface area (Å²) in [6.45, 7) is 4.56. The molecule has 0 amide bonds. The molecule has 0 heterocycles. The fraction of sp³-hybridized carbons (Fsp3) is 1.00. The van der Waals surface area contributed by atoms with Crippen LogP contribution in [-0.2, 0) is 0 Å². The number of nitrogens with zero attached hydrogens (tertiary/aromatic N) is 1. The standard InChI is InChI=1S/C8H17N/c1-4-7(2)9(3)8-5-6-8/h7-8H,4-6H2,1-3H3/t7-/m1/s1. The van der Waals surface area contributed by atoms with Crippen LogP contribution in [0.25, 0.3) is 0 Å². The first-order valence-corrected chi connectivity index (χ1v) is 3.97. The molecule has 9 heavy (non-hydrogen) atoms. The van der Waals surface area contributed by atoms with Gasteiger partial charge in [-0.25, -0.2) is 0 Å². The van der Waals surface area contributed by atoms with E-state index in [1.807, 2.05) is 0 Å². The Morgan fingerprint density at radius 3 is 2.44 bits per heavy atom. The molecule has 1 aliphatic carbocycles. The van der Waals surface area contributed by atoms with E-state index in [1.165, 1.54) is 19.3 Å². The van der Waals surface area contributed by atoms with Crippen LogP contribution in [0.3, 0.4) is 0 Å². The Labute approximate surface area is 58.0 Å². The molecule has 1 fully saturated rings. The summed E-state index contributed by atoms with van der Waals surface area (Å²) in [5.41, 5.74) is 0. The Bertz CT molecular complexity index is 86.6. The second kappa shape index (κ2) is 2.70. The van der Waals surface area contributed by atoms with Crippen molar-refractivity contribution in [1.29, 1.82) is 0 Å². The topological polar surface area (TPSA) is 3.24 Å². The van der Waals surface area contributed by atoms with Gasteiger partial charge in [0.05, 0.1) is 0 Å². The van der Waals surface area contributed by atoms with Crippen molar-refractivity contribution in [2.75, 3.05) is 7.05 Å². The van der Waals surface area contributed by atoms with E-state index in [0.29, 0.717) is 0 Å². The van der Waals surface area contributed by atoms with Gasteiger partial charge in [0, 0.05) is 12.1 Å². The second-order valence-corrected chi connectivity index (χ2v) is 3.15. The molecule has 0 saturated heterocycles. The first-order valence-electron chi connectivity index (χ1n) is 3.97. The van der Waals surface area contributed by atoms with E-state index >= 15 is 0 Å². The molecule has 0 aromatic carbocycles. The average molecular weight is 127 g/mol. The quantitative estimate of drug-likeness (QED) is 0.559. The number of hydrogen-bond acceptors (Lipinski definition) is 1. The molecule has 54 valence electrons. The molecule has 0 unspecified atom stereocenters. The molecule has 0 N–H and O–H groups in total. The summed E-state index contributed by atoms with van der Waals surface area (Å²) < 4.78 is 0. The van der Waals surface area contributed by atoms with Crippen LogP contribution >= 0.6 is 0 Å². The van der Waals surface area contributed by atoms with E-state index in [2.05, 4.69) is 25.8 Å². The third kappa shape index (κ3) is 1.68. The summed E-state index contributed by atoms with van der Waals surface area (Å²) in [5, 5.41) is 0. The summed E-state index contributed by atoms with van der Waals surface area (Å²) in [5.74, 6) is 0. The van der Waals surface area contributed by atoms with Gasteiger partial charge in [0.15, 0.2) is 0 Å². The van der Waals surface area contributed by atoms with Crippen LogP contribution in [0.4, 0.5) is 0 Å². The van der Waals surface area contributed by atoms with Crippen LogP contribution in [0, 0.1) is 0 Å². The molecule has 1 saturated carbocycles. The molecule has 0 aromatic rings. The molecule has 1 atom stereocenters. The maximum Gasteiger partial charge on any atom is 0.00961 e. The van der Waals surface area contributed by atoms with E-state index in [1.54, 1.807) is 0 Å². The molecule has 0 spiro atoms. The molecule has 1 rings (SSSR count). The Balaban J connectivity index is 2.22. The van der Waals surface area contributed by atoms with Crippen molar-refractivity contribution >= 4 is 0 Å². The van der Waals surface area contributed by atoms with Crippen LogP contribution in [0.1, 0.15) is 33.1 Å². The molecule has 0 aromatic heterocycles. The fourth-order valence-electron chi connectivity index (χ4n) is 1.13. The molecule has 1 aliphatic rings. The van der Waals surface area contributed by atoms with Gasteiger partial charge in [-0.1, -0.05) is 6.92 Å². The van der Waals surface area contributed by atoms with Gasteiger partial charge in [-0.2, -0.15) is 0 Å². The van der Waals surface area contributed by atoms with Crippen LogP contribution in [0.2, 0.25) is 0 Å². The van der Waals surface area contributed by atoms with E-state index < -0.39 is 0 Å². The predicted octanol–water partition coefficient (Wildman–Crippen LogP) is 1.88. The summed E-state index contributed by atoms with van der Waals surface area (Å²) in [6, 6.07) is 1.72. The van der Waals surface area contributed by atoms with Gasteiger partial charge in [0.2, 0.25) is 0 Å².